The second-order valence-electron chi connectivity index (χ2n) is 3.33. The van der Waals surface area contributed by atoms with Crippen molar-refractivity contribution in [1.29, 1.82) is 5.26 Å². The van der Waals surface area contributed by atoms with Crippen LogP contribution < -0.4 is 0 Å². The molecule has 2 rings (SSSR count). The summed E-state index contributed by atoms with van der Waals surface area (Å²) in [5.41, 5.74) is 0.234. The van der Waals surface area contributed by atoms with Crippen molar-refractivity contribution in [3.05, 3.63) is 45.7 Å². The standard InChI is InChI=1S/C11H5Cl2N3O2/c12-8-2-1-6(3-9(8)13)16-10(4-14)7(5-15-16)11(17)18/h1-3,5H,(H,17,18). The first kappa shape index (κ1) is 12.4. The molecule has 0 atom stereocenters. The normalized spacial score (nSPS) is 10.1. The van der Waals surface area contributed by atoms with Gasteiger partial charge in [-0.25, -0.2) is 9.48 Å². The molecule has 1 heterocycles. The van der Waals surface area contributed by atoms with E-state index in [0.29, 0.717) is 15.7 Å². The zero-order valence-corrected chi connectivity index (χ0v) is 10.3. The third-order valence-corrected chi connectivity index (χ3v) is 2.99. The van der Waals surface area contributed by atoms with Crippen LogP contribution in [0.4, 0.5) is 0 Å². The van der Waals surface area contributed by atoms with E-state index in [4.69, 9.17) is 33.6 Å². The van der Waals surface area contributed by atoms with Crippen LogP contribution >= 0.6 is 23.2 Å². The molecule has 0 fully saturated rings. The number of nitriles is 1. The number of hydrogen-bond acceptors (Lipinski definition) is 3. The highest BCUT2D eigenvalue weighted by Gasteiger charge is 2.17. The first-order valence-corrected chi connectivity index (χ1v) is 5.47. The van der Waals surface area contributed by atoms with Crippen LogP contribution in [0, 0.1) is 11.3 Å². The average Bonchev–Trinajstić information content (AvgIpc) is 2.76. The zero-order chi connectivity index (χ0) is 13.3. The largest absolute Gasteiger partial charge is 0.478 e. The van der Waals surface area contributed by atoms with Crippen LogP contribution in [-0.2, 0) is 0 Å². The minimum absolute atomic E-state index is 0.0686. The maximum atomic E-state index is 10.9. The van der Waals surface area contributed by atoms with E-state index >= 15 is 0 Å². The molecule has 0 saturated carbocycles. The molecule has 90 valence electrons. The second kappa shape index (κ2) is 4.69. The third-order valence-electron chi connectivity index (χ3n) is 2.25. The van der Waals surface area contributed by atoms with Gasteiger partial charge in [0.05, 0.1) is 21.9 Å². The van der Waals surface area contributed by atoms with Gasteiger partial charge in [-0.2, -0.15) is 10.4 Å². The molecule has 18 heavy (non-hydrogen) atoms. The van der Waals surface area contributed by atoms with Crippen molar-refractivity contribution in [3.63, 3.8) is 0 Å². The van der Waals surface area contributed by atoms with Crippen molar-refractivity contribution in [1.82, 2.24) is 9.78 Å². The molecule has 0 saturated heterocycles. The predicted octanol–water partition coefficient (Wildman–Crippen LogP) is 2.75. The fourth-order valence-electron chi connectivity index (χ4n) is 1.43. The van der Waals surface area contributed by atoms with Gasteiger partial charge in [0.2, 0.25) is 0 Å². The molecule has 1 N–H and O–H groups in total. The van der Waals surface area contributed by atoms with Gasteiger partial charge in [0.25, 0.3) is 0 Å². The van der Waals surface area contributed by atoms with Gasteiger partial charge < -0.3 is 5.11 Å². The number of hydrogen-bond donors (Lipinski definition) is 1. The molecule has 0 spiro atoms. The van der Waals surface area contributed by atoms with Gasteiger partial charge in [0.15, 0.2) is 5.69 Å². The Morgan fingerprint density at radius 2 is 2.11 bits per heavy atom. The lowest BCUT2D eigenvalue weighted by Crippen LogP contribution is -2.03. The molecule has 0 bridgehead atoms. The van der Waals surface area contributed by atoms with Crippen molar-refractivity contribution >= 4 is 29.2 Å². The Bertz CT molecular complexity index is 673. The van der Waals surface area contributed by atoms with Gasteiger partial charge >= 0.3 is 5.97 Å². The highest BCUT2D eigenvalue weighted by atomic mass is 35.5. The number of nitrogens with zero attached hydrogens (tertiary/aromatic N) is 3. The highest BCUT2D eigenvalue weighted by Crippen LogP contribution is 2.25. The van der Waals surface area contributed by atoms with Crippen molar-refractivity contribution in [2.45, 2.75) is 0 Å². The smallest absolute Gasteiger partial charge is 0.340 e. The summed E-state index contributed by atoms with van der Waals surface area (Å²) in [6, 6.07) is 6.44. The van der Waals surface area contributed by atoms with E-state index in [-0.39, 0.29) is 11.3 Å². The minimum Gasteiger partial charge on any atom is -0.478 e. The Kier molecular flexibility index (Phi) is 3.24. The topological polar surface area (TPSA) is 78.9 Å². The summed E-state index contributed by atoms with van der Waals surface area (Å²) in [6.45, 7) is 0. The van der Waals surface area contributed by atoms with Crippen LogP contribution in [0.25, 0.3) is 5.69 Å². The van der Waals surface area contributed by atoms with Crippen LogP contribution in [0.3, 0.4) is 0 Å². The molecular formula is C11H5Cl2N3O2. The Morgan fingerprint density at radius 3 is 2.67 bits per heavy atom. The first-order chi connectivity index (χ1) is 8.54. The monoisotopic (exact) mass is 281 g/mol. The lowest BCUT2D eigenvalue weighted by Gasteiger charge is -2.04. The third kappa shape index (κ3) is 2.04. The van der Waals surface area contributed by atoms with Gasteiger partial charge in [-0.15, -0.1) is 0 Å². The predicted molar refractivity (Wildman–Crippen MR) is 65.3 cm³/mol. The van der Waals surface area contributed by atoms with Gasteiger partial charge in [0.1, 0.15) is 11.6 Å². The van der Waals surface area contributed by atoms with Crippen LogP contribution in [0.1, 0.15) is 16.1 Å². The van der Waals surface area contributed by atoms with Crippen molar-refractivity contribution in [3.8, 4) is 11.8 Å². The van der Waals surface area contributed by atoms with Gasteiger partial charge in [-0.1, -0.05) is 23.2 Å². The molecule has 0 unspecified atom stereocenters. The number of rotatable bonds is 2. The van der Waals surface area contributed by atoms with Crippen LogP contribution in [0.5, 0.6) is 0 Å². The molecule has 7 heteroatoms. The SMILES string of the molecule is N#Cc1c(C(=O)O)cnn1-c1ccc(Cl)c(Cl)c1. The molecule has 0 radical (unpaired) electrons. The number of carboxylic acids is 1. The van der Waals surface area contributed by atoms with Crippen LogP contribution in [0.2, 0.25) is 10.0 Å². The number of aromatic nitrogens is 2. The number of carbonyl (C=O) groups is 1. The van der Waals surface area contributed by atoms with Crippen molar-refractivity contribution in [2.24, 2.45) is 0 Å². The maximum Gasteiger partial charge on any atom is 0.340 e. The molecule has 0 amide bonds. The Morgan fingerprint density at radius 1 is 1.39 bits per heavy atom. The summed E-state index contributed by atoms with van der Waals surface area (Å²) in [5, 5.41) is 22.4. The summed E-state index contributed by atoms with van der Waals surface area (Å²) in [5.74, 6) is -1.21. The number of benzene rings is 1. The molecule has 1 aromatic carbocycles. The molecule has 1 aromatic heterocycles. The zero-order valence-electron chi connectivity index (χ0n) is 8.76. The maximum absolute atomic E-state index is 10.9. The molecule has 0 aliphatic rings. The number of halogens is 2. The van der Waals surface area contributed by atoms with E-state index in [2.05, 4.69) is 5.10 Å². The average molecular weight is 282 g/mol. The summed E-state index contributed by atoms with van der Waals surface area (Å²) < 4.78 is 1.20. The molecule has 0 aliphatic heterocycles. The summed E-state index contributed by atoms with van der Waals surface area (Å²) in [7, 11) is 0. The number of carboxylic acid groups (broad SMARTS) is 1. The summed E-state index contributed by atoms with van der Waals surface area (Å²) >= 11 is 11.6. The molecule has 2 aromatic rings. The molecule has 5 nitrogen and oxygen atoms in total. The van der Waals surface area contributed by atoms with Crippen molar-refractivity contribution < 1.29 is 9.90 Å². The quantitative estimate of drug-likeness (QED) is 0.918. The molecular weight excluding hydrogens is 277 g/mol. The fraction of sp³-hybridized carbons (Fsp3) is 0. The van der Waals surface area contributed by atoms with Gasteiger partial charge in [-0.3, -0.25) is 0 Å². The van der Waals surface area contributed by atoms with E-state index in [9.17, 15) is 4.79 Å². The Balaban J connectivity index is 2.61. The summed E-state index contributed by atoms with van der Waals surface area (Å²) in [4.78, 5) is 10.9. The number of aromatic carboxylic acids is 1. The Hall–Kier alpha value is -2.03. The van der Waals surface area contributed by atoms with E-state index < -0.39 is 5.97 Å². The highest BCUT2D eigenvalue weighted by molar-refractivity contribution is 6.42. The van der Waals surface area contributed by atoms with Crippen molar-refractivity contribution in [2.75, 3.05) is 0 Å². The van der Waals surface area contributed by atoms with E-state index in [1.54, 1.807) is 18.2 Å². The second-order valence-corrected chi connectivity index (χ2v) is 4.15. The van der Waals surface area contributed by atoms with Gasteiger partial charge in [0, 0.05) is 0 Å². The van der Waals surface area contributed by atoms with Crippen LogP contribution in [-0.4, -0.2) is 20.9 Å². The fourth-order valence-corrected chi connectivity index (χ4v) is 1.72. The summed E-state index contributed by atoms with van der Waals surface area (Å²) in [6.07, 6.45) is 1.11. The Labute approximate surface area is 112 Å². The van der Waals surface area contributed by atoms with Gasteiger partial charge in [-0.05, 0) is 18.2 Å². The molecule has 0 aliphatic carbocycles. The first-order valence-electron chi connectivity index (χ1n) is 4.71. The lowest BCUT2D eigenvalue weighted by molar-refractivity contribution is 0.0696. The van der Waals surface area contributed by atoms with E-state index in [1.807, 2.05) is 0 Å². The van der Waals surface area contributed by atoms with E-state index in [1.165, 1.54) is 10.7 Å². The van der Waals surface area contributed by atoms with E-state index in [0.717, 1.165) is 6.20 Å². The van der Waals surface area contributed by atoms with Crippen LogP contribution in [0.15, 0.2) is 24.4 Å². The minimum atomic E-state index is -1.21. The lowest BCUT2D eigenvalue weighted by atomic mass is 10.2.